The first kappa shape index (κ1) is 11.6. The van der Waals surface area contributed by atoms with Gasteiger partial charge in [0, 0.05) is 31.5 Å². The van der Waals surface area contributed by atoms with Crippen LogP contribution in [0.4, 0.5) is 0 Å². The van der Waals surface area contributed by atoms with Gasteiger partial charge in [-0.05, 0) is 43.0 Å². The van der Waals surface area contributed by atoms with Gasteiger partial charge in [-0.15, -0.1) is 0 Å². The molecule has 0 aromatic carbocycles. The van der Waals surface area contributed by atoms with Gasteiger partial charge >= 0.3 is 0 Å². The largest absolute Gasteiger partial charge is 0.329 e. The molecule has 0 aliphatic carbocycles. The monoisotopic (exact) mass is 219 g/mol. The third-order valence-electron chi connectivity index (χ3n) is 3.68. The van der Waals surface area contributed by atoms with E-state index < -0.39 is 0 Å². The Morgan fingerprint density at radius 1 is 1.44 bits per heavy atom. The van der Waals surface area contributed by atoms with E-state index in [1.807, 2.05) is 12.4 Å². The van der Waals surface area contributed by atoms with E-state index >= 15 is 0 Å². The topological polar surface area (TPSA) is 42.2 Å². The minimum Gasteiger partial charge on any atom is -0.329 e. The first-order chi connectivity index (χ1) is 7.81. The van der Waals surface area contributed by atoms with Gasteiger partial charge in [0.05, 0.1) is 0 Å². The SMILES string of the molecule is CC1CCN(CCc2ccncc2)C1CN. The summed E-state index contributed by atoms with van der Waals surface area (Å²) in [6.07, 6.45) is 6.12. The second-order valence-corrected chi connectivity index (χ2v) is 4.71. The summed E-state index contributed by atoms with van der Waals surface area (Å²) in [5.41, 5.74) is 7.20. The van der Waals surface area contributed by atoms with Gasteiger partial charge in [0.25, 0.3) is 0 Å². The third-order valence-corrected chi connectivity index (χ3v) is 3.68. The van der Waals surface area contributed by atoms with Crippen LogP contribution < -0.4 is 5.73 Å². The van der Waals surface area contributed by atoms with Crippen molar-refractivity contribution in [2.24, 2.45) is 11.7 Å². The summed E-state index contributed by atoms with van der Waals surface area (Å²) < 4.78 is 0. The van der Waals surface area contributed by atoms with Crippen molar-refractivity contribution in [3.63, 3.8) is 0 Å². The number of rotatable bonds is 4. The number of likely N-dealkylation sites (tertiary alicyclic amines) is 1. The van der Waals surface area contributed by atoms with Gasteiger partial charge < -0.3 is 5.73 Å². The number of hydrogen-bond acceptors (Lipinski definition) is 3. The average Bonchev–Trinajstić information content (AvgIpc) is 2.68. The van der Waals surface area contributed by atoms with Gasteiger partial charge in [-0.25, -0.2) is 0 Å². The summed E-state index contributed by atoms with van der Waals surface area (Å²) in [4.78, 5) is 6.57. The smallest absolute Gasteiger partial charge is 0.0270 e. The van der Waals surface area contributed by atoms with Crippen molar-refractivity contribution in [1.82, 2.24) is 9.88 Å². The molecule has 1 aromatic rings. The molecule has 0 saturated carbocycles. The van der Waals surface area contributed by atoms with E-state index in [0.29, 0.717) is 6.04 Å². The van der Waals surface area contributed by atoms with Crippen molar-refractivity contribution in [3.8, 4) is 0 Å². The molecule has 1 aliphatic heterocycles. The number of pyridine rings is 1. The Bertz CT molecular complexity index is 312. The maximum absolute atomic E-state index is 5.83. The van der Waals surface area contributed by atoms with Gasteiger partial charge in [-0.3, -0.25) is 9.88 Å². The van der Waals surface area contributed by atoms with Crippen LogP contribution in [0.25, 0.3) is 0 Å². The lowest BCUT2D eigenvalue weighted by molar-refractivity contribution is 0.239. The molecule has 88 valence electrons. The second-order valence-electron chi connectivity index (χ2n) is 4.71. The van der Waals surface area contributed by atoms with Crippen LogP contribution in [0.1, 0.15) is 18.9 Å². The van der Waals surface area contributed by atoms with Gasteiger partial charge in [-0.1, -0.05) is 6.92 Å². The molecule has 1 aliphatic rings. The van der Waals surface area contributed by atoms with Gasteiger partial charge in [-0.2, -0.15) is 0 Å². The van der Waals surface area contributed by atoms with E-state index in [0.717, 1.165) is 25.4 Å². The Balaban J connectivity index is 1.86. The van der Waals surface area contributed by atoms with Crippen molar-refractivity contribution < 1.29 is 0 Å². The van der Waals surface area contributed by atoms with E-state index in [-0.39, 0.29) is 0 Å². The zero-order chi connectivity index (χ0) is 11.4. The fourth-order valence-electron chi connectivity index (χ4n) is 2.57. The predicted molar refractivity (Wildman–Crippen MR) is 66.1 cm³/mol. The van der Waals surface area contributed by atoms with Gasteiger partial charge in [0.15, 0.2) is 0 Å². The second kappa shape index (κ2) is 5.41. The molecule has 0 amide bonds. The molecule has 3 heteroatoms. The quantitative estimate of drug-likeness (QED) is 0.830. The van der Waals surface area contributed by atoms with Crippen molar-refractivity contribution >= 4 is 0 Å². The molecule has 2 atom stereocenters. The summed E-state index contributed by atoms with van der Waals surface area (Å²) in [7, 11) is 0. The minimum atomic E-state index is 0.585. The van der Waals surface area contributed by atoms with Crippen LogP contribution in [0.15, 0.2) is 24.5 Å². The molecule has 3 nitrogen and oxygen atoms in total. The molecule has 0 bridgehead atoms. The van der Waals surface area contributed by atoms with Crippen molar-refractivity contribution in [3.05, 3.63) is 30.1 Å². The Kier molecular flexibility index (Phi) is 3.91. The van der Waals surface area contributed by atoms with Gasteiger partial charge in [0.2, 0.25) is 0 Å². The van der Waals surface area contributed by atoms with Crippen LogP contribution in [0.5, 0.6) is 0 Å². The highest BCUT2D eigenvalue weighted by molar-refractivity contribution is 5.10. The van der Waals surface area contributed by atoms with Crippen LogP contribution in [-0.4, -0.2) is 35.6 Å². The Morgan fingerprint density at radius 3 is 2.88 bits per heavy atom. The lowest BCUT2D eigenvalue weighted by Gasteiger charge is -2.25. The van der Waals surface area contributed by atoms with Crippen LogP contribution in [0, 0.1) is 5.92 Å². The molecule has 0 spiro atoms. The van der Waals surface area contributed by atoms with E-state index in [2.05, 4.69) is 28.9 Å². The highest BCUT2D eigenvalue weighted by Crippen LogP contribution is 2.22. The summed E-state index contributed by atoms with van der Waals surface area (Å²) in [5.74, 6) is 0.752. The number of hydrogen-bond donors (Lipinski definition) is 1. The zero-order valence-corrected chi connectivity index (χ0v) is 9.97. The molecule has 2 N–H and O–H groups in total. The van der Waals surface area contributed by atoms with E-state index in [4.69, 9.17) is 5.73 Å². The first-order valence-corrected chi connectivity index (χ1v) is 6.14. The summed E-state index contributed by atoms with van der Waals surface area (Å²) in [6, 6.07) is 4.77. The van der Waals surface area contributed by atoms with E-state index in [1.54, 1.807) is 0 Å². The van der Waals surface area contributed by atoms with Gasteiger partial charge in [0.1, 0.15) is 0 Å². The highest BCUT2D eigenvalue weighted by Gasteiger charge is 2.29. The summed E-state index contributed by atoms with van der Waals surface area (Å²) in [5, 5.41) is 0. The van der Waals surface area contributed by atoms with E-state index in [1.165, 1.54) is 18.5 Å². The fourth-order valence-corrected chi connectivity index (χ4v) is 2.57. The first-order valence-electron chi connectivity index (χ1n) is 6.14. The van der Waals surface area contributed by atoms with Crippen molar-refractivity contribution in [2.45, 2.75) is 25.8 Å². The summed E-state index contributed by atoms with van der Waals surface area (Å²) in [6.45, 7) is 5.42. The molecule has 1 fully saturated rings. The van der Waals surface area contributed by atoms with Crippen LogP contribution in [0.2, 0.25) is 0 Å². The minimum absolute atomic E-state index is 0.585. The number of nitrogens with zero attached hydrogens (tertiary/aromatic N) is 2. The van der Waals surface area contributed by atoms with Crippen LogP contribution in [0.3, 0.4) is 0 Å². The average molecular weight is 219 g/mol. The molecule has 2 unspecified atom stereocenters. The molecule has 1 aromatic heterocycles. The molecule has 2 rings (SSSR count). The maximum atomic E-state index is 5.83. The maximum Gasteiger partial charge on any atom is 0.0270 e. The predicted octanol–water partition coefficient (Wildman–Crippen LogP) is 1.29. The van der Waals surface area contributed by atoms with Crippen molar-refractivity contribution in [1.29, 1.82) is 0 Å². The highest BCUT2D eigenvalue weighted by atomic mass is 15.2. The Labute approximate surface area is 97.7 Å². The molecule has 16 heavy (non-hydrogen) atoms. The lowest BCUT2D eigenvalue weighted by Crippen LogP contribution is -2.39. The molecular weight excluding hydrogens is 198 g/mol. The van der Waals surface area contributed by atoms with Crippen LogP contribution in [-0.2, 0) is 6.42 Å². The Hall–Kier alpha value is -0.930. The third kappa shape index (κ3) is 2.60. The standard InChI is InChI=1S/C13H21N3/c1-11-4-8-16(13(11)10-14)9-5-12-2-6-15-7-3-12/h2-3,6-7,11,13H,4-5,8-10,14H2,1H3. The van der Waals surface area contributed by atoms with E-state index in [9.17, 15) is 0 Å². The molecule has 0 radical (unpaired) electrons. The van der Waals surface area contributed by atoms with Crippen LogP contribution >= 0.6 is 0 Å². The van der Waals surface area contributed by atoms with Crippen molar-refractivity contribution in [2.75, 3.05) is 19.6 Å². The number of aromatic nitrogens is 1. The lowest BCUT2D eigenvalue weighted by atomic mass is 10.0. The Morgan fingerprint density at radius 2 is 2.19 bits per heavy atom. The normalized spacial score (nSPS) is 26.1. The molecule has 2 heterocycles. The number of nitrogens with two attached hydrogens (primary N) is 1. The molecule has 1 saturated heterocycles. The summed E-state index contributed by atoms with van der Waals surface area (Å²) >= 11 is 0. The molecular formula is C13H21N3. The fraction of sp³-hybridized carbons (Fsp3) is 0.615. The zero-order valence-electron chi connectivity index (χ0n) is 9.97.